The SMILES string of the molecule is COc1ccc(O)c(C(C)NCC2CC2C)c1. The molecule has 1 aromatic carbocycles. The summed E-state index contributed by atoms with van der Waals surface area (Å²) in [6, 6.07) is 5.50. The van der Waals surface area contributed by atoms with Crippen molar-refractivity contribution in [1.82, 2.24) is 5.32 Å². The van der Waals surface area contributed by atoms with Crippen molar-refractivity contribution < 1.29 is 9.84 Å². The largest absolute Gasteiger partial charge is 0.508 e. The van der Waals surface area contributed by atoms with Crippen LogP contribution in [0.25, 0.3) is 0 Å². The van der Waals surface area contributed by atoms with Gasteiger partial charge in [-0.15, -0.1) is 0 Å². The highest BCUT2D eigenvalue weighted by Gasteiger charge is 2.32. The predicted molar refractivity (Wildman–Crippen MR) is 68.3 cm³/mol. The molecule has 1 aromatic rings. The predicted octanol–water partition coefficient (Wildman–Crippen LogP) is 2.71. The van der Waals surface area contributed by atoms with Crippen molar-refractivity contribution in [3.63, 3.8) is 0 Å². The zero-order valence-corrected chi connectivity index (χ0v) is 10.7. The van der Waals surface area contributed by atoms with E-state index >= 15 is 0 Å². The van der Waals surface area contributed by atoms with Gasteiger partial charge in [-0.25, -0.2) is 0 Å². The van der Waals surface area contributed by atoms with Crippen molar-refractivity contribution >= 4 is 0 Å². The summed E-state index contributed by atoms with van der Waals surface area (Å²) in [6.45, 7) is 5.38. The van der Waals surface area contributed by atoms with E-state index in [0.717, 1.165) is 29.7 Å². The summed E-state index contributed by atoms with van der Waals surface area (Å²) < 4.78 is 5.18. The van der Waals surface area contributed by atoms with Gasteiger partial charge in [0.2, 0.25) is 0 Å². The van der Waals surface area contributed by atoms with Crippen molar-refractivity contribution in [2.45, 2.75) is 26.3 Å². The molecule has 0 heterocycles. The molecule has 2 rings (SSSR count). The average Bonchev–Trinajstić information content (AvgIpc) is 3.03. The van der Waals surface area contributed by atoms with Gasteiger partial charge in [0.05, 0.1) is 7.11 Å². The second-order valence-corrected chi connectivity index (χ2v) is 5.03. The number of methoxy groups -OCH3 is 1. The number of phenolic OH excluding ortho intramolecular Hbond substituents is 1. The molecule has 0 spiro atoms. The Morgan fingerprint density at radius 2 is 2.24 bits per heavy atom. The Bertz CT molecular complexity index is 392. The van der Waals surface area contributed by atoms with Gasteiger partial charge in [-0.3, -0.25) is 0 Å². The van der Waals surface area contributed by atoms with Crippen molar-refractivity contribution in [3.05, 3.63) is 23.8 Å². The number of phenols is 1. The second kappa shape index (κ2) is 4.96. The Hall–Kier alpha value is -1.22. The maximum Gasteiger partial charge on any atom is 0.120 e. The monoisotopic (exact) mass is 235 g/mol. The Balaban J connectivity index is 1.99. The van der Waals surface area contributed by atoms with E-state index in [1.165, 1.54) is 6.42 Å². The van der Waals surface area contributed by atoms with Crippen LogP contribution in [0.2, 0.25) is 0 Å². The number of benzene rings is 1. The maximum atomic E-state index is 9.84. The highest BCUT2D eigenvalue weighted by molar-refractivity contribution is 5.41. The standard InChI is InChI=1S/C14H21NO2/c1-9-6-11(9)8-15-10(2)13-7-12(17-3)4-5-14(13)16/h4-5,7,9-11,15-16H,6,8H2,1-3H3. The molecule has 1 fully saturated rings. The van der Waals surface area contributed by atoms with Gasteiger partial charge in [-0.2, -0.15) is 0 Å². The first kappa shape index (κ1) is 12.2. The molecule has 0 bridgehead atoms. The lowest BCUT2D eigenvalue weighted by Gasteiger charge is -2.16. The summed E-state index contributed by atoms with van der Waals surface area (Å²) in [6.07, 6.45) is 1.32. The Morgan fingerprint density at radius 1 is 1.53 bits per heavy atom. The molecule has 3 heteroatoms. The van der Waals surface area contributed by atoms with Crippen LogP contribution in [-0.2, 0) is 0 Å². The van der Waals surface area contributed by atoms with E-state index in [1.54, 1.807) is 19.2 Å². The van der Waals surface area contributed by atoms with Crippen LogP contribution in [0, 0.1) is 11.8 Å². The van der Waals surface area contributed by atoms with Crippen LogP contribution in [0.15, 0.2) is 18.2 Å². The van der Waals surface area contributed by atoms with Crippen molar-refractivity contribution in [1.29, 1.82) is 0 Å². The van der Waals surface area contributed by atoms with Crippen LogP contribution >= 0.6 is 0 Å². The van der Waals surface area contributed by atoms with Crippen LogP contribution in [0.1, 0.15) is 31.9 Å². The Kier molecular flexibility index (Phi) is 3.57. The van der Waals surface area contributed by atoms with Gasteiger partial charge in [0.25, 0.3) is 0 Å². The van der Waals surface area contributed by atoms with Crippen LogP contribution in [-0.4, -0.2) is 18.8 Å². The normalized spacial score (nSPS) is 24.4. The molecule has 2 N–H and O–H groups in total. The number of rotatable bonds is 5. The maximum absolute atomic E-state index is 9.84. The smallest absolute Gasteiger partial charge is 0.120 e. The van der Waals surface area contributed by atoms with Gasteiger partial charge >= 0.3 is 0 Å². The molecule has 0 aromatic heterocycles. The fourth-order valence-corrected chi connectivity index (χ4v) is 2.13. The molecule has 0 amide bonds. The van der Waals surface area contributed by atoms with E-state index in [-0.39, 0.29) is 6.04 Å². The number of aromatic hydroxyl groups is 1. The molecule has 3 atom stereocenters. The van der Waals surface area contributed by atoms with E-state index < -0.39 is 0 Å². The van der Waals surface area contributed by atoms with Gasteiger partial charge < -0.3 is 15.2 Å². The first-order chi connectivity index (χ1) is 8.11. The summed E-state index contributed by atoms with van der Waals surface area (Å²) in [4.78, 5) is 0. The van der Waals surface area contributed by atoms with Gasteiger partial charge in [-0.05, 0) is 49.9 Å². The van der Waals surface area contributed by atoms with Gasteiger partial charge in [0, 0.05) is 11.6 Å². The first-order valence-corrected chi connectivity index (χ1v) is 6.22. The third-order valence-corrected chi connectivity index (χ3v) is 3.66. The molecule has 0 saturated heterocycles. The van der Waals surface area contributed by atoms with E-state index in [9.17, 15) is 5.11 Å². The Labute approximate surface area is 103 Å². The molecule has 3 nitrogen and oxygen atoms in total. The minimum atomic E-state index is 0.151. The van der Waals surface area contributed by atoms with Crippen LogP contribution < -0.4 is 10.1 Å². The van der Waals surface area contributed by atoms with E-state index in [2.05, 4.69) is 19.2 Å². The molecular formula is C14H21NO2. The van der Waals surface area contributed by atoms with Gasteiger partial charge in [-0.1, -0.05) is 6.92 Å². The second-order valence-electron chi connectivity index (χ2n) is 5.03. The first-order valence-electron chi connectivity index (χ1n) is 6.22. The average molecular weight is 235 g/mol. The lowest BCUT2D eigenvalue weighted by molar-refractivity contribution is 0.407. The lowest BCUT2D eigenvalue weighted by Crippen LogP contribution is -2.21. The summed E-state index contributed by atoms with van der Waals surface area (Å²) in [5.74, 6) is 2.78. The highest BCUT2D eigenvalue weighted by Crippen LogP contribution is 2.37. The molecule has 1 aliphatic carbocycles. The number of ether oxygens (including phenoxy) is 1. The molecule has 3 unspecified atom stereocenters. The molecule has 1 aliphatic rings. The number of nitrogens with one attached hydrogen (secondary N) is 1. The van der Waals surface area contributed by atoms with E-state index in [1.807, 2.05) is 6.07 Å². The molecule has 0 radical (unpaired) electrons. The van der Waals surface area contributed by atoms with Crippen LogP contribution in [0.4, 0.5) is 0 Å². The quantitative estimate of drug-likeness (QED) is 0.824. The van der Waals surface area contributed by atoms with Crippen molar-refractivity contribution in [2.24, 2.45) is 11.8 Å². The lowest BCUT2D eigenvalue weighted by atomic mass is 10.1. The van der Waals surface area contributed by atoms with Crippen molar-refractivity contribution in [3.8, 4) is 11.5 Å². The van der Waals surface area contributed by atoms with Gasteiger partial charge in [0.1, 0.15) is 11.5 Å². The Morgan fingerprint density at radius 3 is 2.82 bits per heavy atom. The number of hydrogen-bond acceptors (Lipinski definition) is 3. The minimum absolute atomic E-state index is 0.151. The van der Waals surface area contributed by atoms with E-state index in [4.69, 9.17) is 4.74 Å². The molecule has 17 heavy (non-hydrogen) atoms. The summed E-state index contributed by atoms with van der Waals surface area (Å²) >= 11 is 0. The molecule has 94 valence electrons. The third kappa shape index (κ3) is 2.91. The zero-order chi connectivity index (χ0) is 12.4. The molecule has 1 saturated carbocycles. The molecule has 0 aliphatic heterocycles. The summed E-state index contributed by atoms with van der Waals surface area (Å²) in [5.41, 5.74) is 0.901. The fraction of sp³-hybridized carbons (Fsp3) is 0.571. The molecular weight excluding hydrogens is 214 g/mol. The topological polar surface area (TPSA) is 41.5 Å². The fourth-order valence-electron chi connectivity index (χ4n) is 2.13. The third-order valence-electron chi connectivity index (χ3n) is 3.66. The highest BCUT2D eigenvalue weighted by atomic mass is 16.5. The van der Waals surface area contributed by atoms with Crippen LogP contribution in [0.5, 0.6) is 11.5 Å². The minimum Gasteiger partial charge on any atom is -0.508 e. The summed E-state index contributed by atoms with van der Waals surface area (Å²) in [7, 11) is 1.64. The number of hydrogen-bond donors (Lipinski definition) is 2. The zero-order valence-electron chi connectivity index (χ0n) is 10.7. The van der Waals surface area contributed by atoms with E-state index in [0.29, 0.717) is 5.75 Å². The van der Waals surface area contributed by atoms with Gasteiger partial charge in [0.15, 0.2) is 0 Å². The summed E-state index contributed by atoms with van der Waals surface area (Å²) in [5, 5.41) is 13.3. The van der Waals surface area contributed by atoms with Crippen molar-refractivity contribution in [2.75, 3.05) is 13.7 Å². The van der Waals surface area contributed by atoms with Crippen LogP contribution in [0.3, 0.4) is 0 Å².